The minimum absolute atomic E-state index is 0.216. The van der Waals surface area contributed by atoms with Gasteiger partial charge < -0.3 is 10.6 Å². The van der Waals surface area contributed by atoms with Crippen LogP contribution in [-0.4, -0.2) is 29.2 Å². The fourth-order valence-corrected chi connectivity index (χ4v) is 1.86. The zero-order valence-corrected chi connectivity index (χ0v) is 12.1. The first-order valence-electron chi connectivity index (χ1n) is 6.99. The Bertz CT molecular complexity index is 378. The summed E-state index contributed by atoms with van der Waals surface area (Å²) >= 11 is 0. The first kappa shape index (κ1) is 15.4. The van der Waals surface area contributed by atoms with Crippen LogP contribution >= 0.6 is 0 Å². The molecule has 1 aromatic rings. The van der Waals surface area contributed by atoms with Gasteiger partial charge in [-0.3, -0.25) is 4.79 Å². The van der Waals surface area contributed by atoms with Crippen molar-refractivity contribution in [2.45, 2.75) is 52.0 Å². The minimum atomic E-state index is -0.216. The molecule has 5 nitrogen and oxygen atoms in total. The van der Waals surface area contributed by atoms with Gasteiger partial charge in [0, 0.05) is 13.1 Å². The second-order valence-electron chi connectivity index (χ2n) is 4.78. The maximum atomic E-state index is 11.3. The van der Waals surface area contributed by atoms with E-state index in [4.69, 9.17) is 0 Å². The Hall–Kier alpha value is -1.65. The van der Waals surface area contributed by atoms with Crippen molar-refractivity contribution < 1.29 is 4.79 Å². The molecule has 1 heterocycles. The van der Waals surface area contributed by atoms with E-state index in [2.05, 4.69) is 34.7 Å². The van der Waals surface area contributed by atoms with Crippen LogP contribution in [0.5, 0.6) is 0 Å². The molecule has 1 aromatic heterocycles. The van der Waals surface area contributed by atoms with Gasteiger partial charge in [-0.25, -0.2) is 0 Å². The van der Waals surface area contributed by atoms with Crippen molar-refractivity contribution in [1.82, 2.24) is 15.5 Å². The van der Waals surface area contributed by atoms with E-state index < -0.39 is 0 Å². The van der Waals surface area contributed by atoms with Gasteiger partial charge >= 0.3 is 0 Å². The lowest BCUT2D eigenvalue weighted by Gasteiger charge is -2.13. The van der Waals surface area contributed by atoms with Crippen LogP contribution in [0.3, 0.4) is 0 Å². The Labute approximate surface area is 115 Å². The molecular formula is C14H24N4O. The Balaban J connectivity index is 2.38. The van der Waals surface area contributed by atoms with E-state index in [1.807, 2.05) is 0 Å². The molecule has 0 spiro atoms. The standard InChI is InChI=1S/C14H24N4O/c1-4-5-6-7-8-11(2)16-13-10-9-12(17-18-13)14(19)15-3/h9-11H,4-8H2,1-3H3,(H,15,19)(H,16,18). The van der Waals surface area contributed by atoms with Gasteiger partial charge in [0.25, 0.3) is 5.91 Å². The monoisotopic (exact) mass is 264 g/mol. The third kappa shape index (κ3) is 5.68. The Morgan fingerprint density at radius 2 is 2.05 bits per heavy atom. The molecule has 0 fully saturated rings. The van der Waals surface area contributed by atoms with Crippen molar-refractivity contribution in [2.75, 3.05) is 12.4 Å². The average Bonchev–Trinajstić information content (AvgIpc) is 2.43. The predicted molar refractivity (Wildman–Crippen MR) is 77.3 cm³/mol. The maximum absolute atomic E-state index is 11.3. The number of aromatic nitrogens is 2. The molecule has 2 N–H and O–H groups in total. The number of hydrogen-bond acceptors (Lipinski definition) is 4. The summed E-state index contributed by atoms with van der Waals surface area (Å²) in [5, 5.41) is 13.7. The smallest absolute Gasteiger partial charge is 0.271 e. The van der Waals surface area contributed by atoms with Crippen LogP contribution in [0, 0.1) is 0 Å². The number of rotatable bonds is 8. The number of carbonyl (C=O) groups excluding carboxylic acids is 1. The molecule has 0 radical (unpaired) electrons. The van der Waals surface area contributed by atoms with Gasteiger partial charge in [0.15, 0.2) is 5.69 Å². The van der Waals surface area contributed by atoms with Gasteiger partial charge in [-0.05, 0) is 25.5 Å². The topological polar surface area (TPSA) is 66.9 Å². The summed E-state index contributed by atoms with van der Waals surface area (Å²) in [7, 11) is 1.58. The Morgan fingerprint density at radius 3 is 2.63 bits per heavy atom. The zero-order chi connectivity index (χ0) is 14.1. The lowest BCUT2D eigenvalue weighted by Crippen LogP contribution is -2.21. The molecule has 0 saturated carbocycles. The van der Waals surface area contributed by atoms with Gasteiger partial charge in [-0.1, -0.05) is 32.6 Å². The van der Waals surface area contributed by atoms with E-state index in [0.29, 0.717) is 11.7 Å². The van der Waals surface area contributed by atoms with Gasteiger partial charge in [-0.15, -0.1) is 10.2 Å². The first-order valence-corrected chi connectivity index (χ1v) is 6.99. The van der Waals surface area contributed by atoms with E-state index in [1.165, 1.54) is 25.7 Å². The van der Waals surface area contributed by atoms with Gasteiger partial charge in [0.05, 0.1) is 0 Å². The van der Waals surface area contributed by atoms with Crippen molar-refractivity contribution >= 4 is 11.7 Å². The summed E-state index contributed by atoms with van der Waals surface area (Å²) in [5.74, 6) is 0.502. The molecule has 0 aliphatic carbocycles. The van der Waals surface area contributed by atoms with Crippen LogP contribution in [0.4, 0.5) is 5.82 Å². The third-order valence-corrected chi connectivity index (χ3v) is 3.01. The number of hydrogen-bond donors (Lipinski definition) is 2. The van der Waals surface area contributed by atoms with Crippen molar-refractivity contribution in [2.24, 2.45) is 0 Å². The van der Waals surface area contributed by atoms with E-state index in [-0.39, 0.29) is 5.91 Å². The summed E-state index contributed by atoms with van der Waals surface area (Å²) < 4.78 is 0. The van der Waals surface area contributed by atoms with E-state index in [1.54, 1.807) is 19.2 Å². The predicted octanol–water partition coefficient (Wildman–Crippen LogP) is 2.61. The fourth-order valence-electron chi connectivity index (χ4n) is 1.86. The molecule has 0 aliphatic heterocycles. The molecule has 0 saturated heterocycles. The van der Waals surface area contributed by atoms with E-state index >= 15 is 0 Å². The van der Waals surface area contributed by atoms with Crippen LogP contribution in [-0.2, 0) is 0 Å². The number of nitrogens with zero attached hydrogens (tertiary/aromatic N) is 2. The van der Waals surface area contributed by atoms with Crippen LogP contribution in [0.15, 0.2) is 12.1 Å². The molecule has 1 unspecified atom stereocenters. The molecular weight excluding hydrogens is 240 g/mol. The van der Waals surface area contributed by atoms with Gasteiger partial charge in [0.2, 0.25) is 0 Å². The highest BCUT2D eigenvalue weighted by Gasteiger charge is 2.07. The summed E-state index contributed by atoms with van der Waals surface area (Å²) in [5.41, 5.74) is 0.337. The normalized spacial score (nSPS) is 11.9. The van der Waals surface area contributed by atoms with Crippen LogP contribution in [0.2, 0.25) is 0 Å². The van der Waals surface area contributed by atoms with Crippen molar-refractivity contribution in [3.05, 3.63) is 17.8 Å². The molecule has 5 heteroatoms. The second kappa shape index (κ2) is 8.45. The lowest BCUT2D eigenvalue weighted by atomic mass is 10.1. The SMILES string of the molecule is CCCCCCC(C)Nc1ccc(C(=O)NC)nn1. The molecule has 0 aromatic carbocycles. The number of anilines is 1. The molecule has 106 valence electrons. The maximum Gasteiger partial charge on any atom is 0.271 e. The number of carbonyl (C=O) groups is 1. The summed E-state index contributed by atoms with van der Waals surface area (Å²) in [6.45, 7) is 4.35. The Morgan fingerprint density at radius 1 is 1.26 bits per heavy atom. The van der Waals surface area contributed by atoms with Crippen LogP contribution in [0.1, 0.15) is 56.4 Å². The zero-order valence-electron chi connectivity index (χ0n) is 12.1. The molecule has 1 atom stereocenters. The number of nitrogens with one attached hydrogen (secondary N) is 2. The van der Waals surface area contributed by atoms with E-state index in [0.717, 1.165) is 12.2 Å². The van der Waals surface area contributed by atoms with Crippen LogP contribution < -0.4 is 10.6 Å². The number of amides is 1. The quantitative estimate of drug-likeness (QED) is 0.708. The molecule has 0 bridgehead atoms. The lowest BCUT2D eigenvalue weighted by molar-refractivity contribution is 0.0957. The highest BCUT2D eigenvalue weighted by molar-refractivity contribution is 5.91. The summed E-state index contributed by atoms with van der Waals surface area (Å²) in [4.78, 5) is 11.3. The number of unbranched alkanes of at least 4 members (excludes halogenated alkanes) is 3. The van der Waals surface area contributed by atoms with Crippen molar-refractivity contribution in [3.8, 4) is 0 Å². The highest BCUT2D eigenvalue weighted by Crippen LogP contribution is 2.10. The first-order chi connectivity index (χ1) is 9.17. The molecule has 19 heavy (non-hydrogen) atoms. The van der Waals surface area contributed by atoms with Crippen LogP contribution in [0.25, 0.3) is 0 Å². The van der Waals surface area contributed by atoms with Gasteiger partial charge in [0.1, 0.15) is 5.82 Å². The molecule has 1 amide bonds. The summed E-state index contributed by atoms with van der Waals surface area (Å²) in [6, 6.07) is 3.84. The second-order valence-corrected chi connectivity index (χ2v) is 4.78. The Kier molecular flexibility index (Phi) is 6.85. The van der Waals surface area contributed by atoms with Crippen molar-refractivity contribution in [1.29, 1.82) is 0 Å². The largest absolute Gasteiger partial charge is 0.366 e. The molecule has 1 rings (SSSR count). The molecule has 0 aliphatic rings. The average molecular weight is 264 g/mol. The highest BCUT2D eigenvalue weighted by atomic mass is 16.1. The summed E-state index contributed by atoms with van der Waals surface area (Å²) in [6.07, 6.45) is 6.19. The van der Waals surface area contributed by atoms with E-state index in [9.17, 15) is 4.79 Å². The van der Waals surface area contributed by atoms with Gasteiger partial charge in [-0.2, -0.15) is 0 Å². The minimum Gasteiger partial charge on any atom is -0.366 e. The van der Waals surface area contributed by atoms with Crippen molar-refractivity contribution in [3.63, 3.8) is 0 Å². The third-order valence-electron chi connectivity index (χ3n) is 3.01. The fraction of sp³-hybridized carbons (Fsp3) is 0.643.